The summed E-state index contributed by atoms with van der Waals surface area (Å²) in [5.41, 5.74) is -2.55. The van der Waals surface area contributed by atoms with Gasteiger partial charge in [-0.3, -0.25) is 13.9 Å². The van der Waals surface area contributed by atoms with E-state index in [9.17, 15) is 23.6 Å². The van der Waals surface area contributed by atoms with Crippen molar-refractivity contribution in [3.63, 3.8) is 0 Å². The lowest BCUT2D eigenvalue weighted by atomic mass is 9.62. The summed E-state index contributed by atoms with van der Waals surface area (Å²) in [7, 11) is -3.89. The van der Waals surface area contributed by atoms with Crippen molar-refractivity contribution >= 4 is 39.2 Å². The van der Waals surface area contributed by atoms with Gasteiger partial charge in [-0.15, -0.1) is 0 Å². The van der Waals surface area contributed by atoms with E-state index in [4.69, 9.17) is 32.1 Å². The lowest BCUT2D eigenvalue weighted by Gasteiger charge is -2.39. The highest BCUT2D eigenvalue weighted by molar-refractivity contribution is 7.85. The van der Waals surface area contributed by atoms with Gasteiger partial charge in [0.25, 0.3) is 10.1 Å². The predicted octanol–water partition coefficient (Wildman–Crippen LogP) is 5.92. The number of nitrogens with zero attached hydrogens (tertiary/aromatic N) is 2. The van der Waals surface area contributed by atoms with Gasteiger partial charge in [0.2, 0.25) is 5.91 Å². The minimum Gasteiger partial charge on any atom is -0.366 e. The highest BCUT2D eigenvalue weighted by Crippen LogP contribution is 2.56. The number of rotatable bonds is 14. The summed E-state index contributed by atoms with van der Waals surface area (Å²) in [6, 6.07) is 8.22. The third-order valence-corrected chi connectivity index (χ3v) is 9.14. The molecular formula is C33H43Cl2F2N3O6S. The zero-order valence-corrected chi connectivity index (χ0v) is 29.8. The normalized spacial score (nSPS) is 22.3. The van der Waals surface area contributed by atoms with Crippen LogP contribution in [0.5, 0.6) is 0 Å². The number of hydrogen-bond donors (Lipinski definition) is 2. The summed E-state index contributed by atoms with van der Waals surface area (Å²) in [6.07, 6.45) is 2.07. The number of hydrogen-bond acceptors (Lipinski definition) is 8. The van der Waals surface area contributed by atoms with Crippen LogP contribution in [0.25, 0.3) is 0 Å². The molecule has 1 aliphatic heterocycles. The Bertz CT molecular complexity index is 1580. The van der Waals surface area contributed by atoms with Gasteiger partial charge in [0.05, 0.1) is 36.6 Å². The number of carbonyl (C=O) groups is 1. The van der Waals surface area contributed by atoms with Crippen molar-refractivity contribution in [1.29, 1.82) is 5.26 Å². The number of benzene rings is 2. The minimum atomic E-state index is -3.89. The third kappa shape index (κ3) is 9.85. The maximum Gasteiger partial charge on any atom is 0.264 e. The van der Waals surface area contributed by atoms with E-state index in [1.807, 2.05) is 20.8 Å². The van der Waals surface area contributed by atoms with Crippen LogP contribution in [0.15, 0.2) is 36.4 Å². The first-order valence-corrected chi connectivity index (χ1v) is 17.8. The molecule has 2 aromatic rings. The van der Waals surface area contributed by atoms with Crippen molar-refractivity contribution in [3.8, 4) is 6.07 Å². The summed E-state index contributed by atoms with van der Waals surface area (Å²) < 4.78 is 66.5. The van der Waals surface area contributed by atoms with E-state index in [2.05, 4.69) is 11.4 Å². The van der Waals surface area contributed by atoms with Crippen LogP contribution < -0.4 is 5.32 Å². The van der Waals surface area contributed by atoms with Crippen LogP contribution >= 0.6 is 23.2 Å². The highest BCUT2D eigenvalue weighted by Gasteiger charge is 2.64. The van der Waals surface area contributed by atoms with E-state index in [0.717, 1.165) is 12.3 Å². The van der Waals surface area contributed by atoms with Crippen molar-refractivity contribution in [2.24, 2.45) is 5.41 Å². The molecule has 260 valence electrons. The van der Waals surface area contributed by atoms with Gasteiger partial charge in [0.15, 0.2) is 5.79 Å². The molecule has 3 rings (SSSR count). The standard InChI is InChI=1S/C33H43Cl2F2N3O6S/c1-31(2,3)19-26-33(20-38,23-13-12-21(34)18-25(23)36)27(22-10-9-11-24(35)28(22)37)29(40(26)15-17-46-47(6,43)44)30(41)39-14-7-8-16-45-32(4,5)42/h9-13,18,26-27,29,42H,7-8,14-17,19H2,1-6H3,(H,39,41). The average Bonchev–Trinajstić information content (AvgIpc) is 3.19. The number of likely N-dealkylation sites (tertiary alicyclic amines) is 1. The largest absolute Gasteiger partial charge is 0.366 e. The van der Waals surface area contributed by atoms with Gasteiger partial charge in [-0.2, -0.15) is 13.7 Å². The molecule has 0 saturated carbocycles. The maximum absolute atomic E-state index is 16.1. The van der Waals surface area contributed by atoms with Crippen molar-refractivity contribution in [1.82, 2.24) is 10.2 Å². The van der Waals surface area contributed by atoms with Crippen LogP contribution in [0.2, 0.25) is 10.0 Å². The molecular weight excluding hydrogens is 675 g/mol. The molecule has 0 aromatic heterocycles. The number of ether oxygens (including phenoxy) is 1. The summed E-state index contributed by atoms with van der Waals surface area (Å²) in [4.78, 5) is 15.9. The van der Waals surface area contributed by atoms with Gasteiger partial charge in [-0.05, 0) is 62.3 Å². The Kier molecular flexibility index (Phi) is 12.8. The van der Waals surface area contributed by atoms with Gasteiger partial charge >= 0.3 is 0 Å². The fourth-order valence-electron chi connectivity index (χ4n) is 6.27. The van der Waals surface area contributed by atoms with E-state index in [0.29, 0.717) is 12.8 Å². The van der Waals surface area contributed by atoms with Crippen LogP contribution in [-0.2, 0) is 29.2 Å². The van der Waals surface area contributed by atoms with E-state index in [-0.39, 0.29) is 53.9 Å². The van der Waals surface area contributed by atoms with Gasteiger partial charge in [0, 0.05) is 35.6 Å². The lowest BCUT2D eigenvalue weighted by molar-refractivity contribution is -0.176. The predicted molar refractivity (Wildman–Crippen MR) is 176 cm³/mol. The zero-order valence-electron chi connectivity index (χ0n) is 27.4. The molecule has 9 nitrogen and oxygen atoms in total. The molecule has 0 radical (unpaired) electrons. The molecule has 14 heteroatoms. The molecule has 2 aromatic carbocycles. The Morgan fingerprint density at radius 2 is 1.81 bits per heavy atom. The summed E-state index contributed by atoms with van der Waals surface area (Å²) in [6.45, 7) is 8.60. The van der Waals surface area contributed by atoms with Crippen molar-refractivity contribution in [2.75, 3.05) is 32.6 Å². The summed E-state index contributed by atoms with van der Waals surface area (Å²) >= 11 is 12.4. The number of nitriles is 1. The molecule has 1 amide bonds. The first-order chi connectivity index (χ1) is 21.7. The monoisotopic (exact) mass is 717 g/mol. The van der Waals surface area contributed by atoms with Crippen LogP contribution in [0.3, 0.4) is 0 Å². The molecule has 1 fully saturated rings. The van der Waals surface area contributed by atoms with E-state index < -0.39 is 62.3 Å². The van der Waals surface area contributed by atoms with Gasteiger partial charge in [-0.1, -0.05) is 62.2 Å². The molecule has 1 saturated heterocycles. The second-order valence-electron chi connectivity index (χ2n) is 13.5. The number of carbonyl (C=O) groups excluding carboxylic acids is 1. The highest BCUT2D eigenvalue weighted by atomic mass is 35.5. The van der Waals surface area contributed by atoms with Crippen LogP contribution in [-0.4, -0.2) is 74.8 Å². The Balaban J connectivity index is 2.26. The fourth-order valence-corrected chi connectivity index (χ4v) is 6.99. The van der Waals surface area contributed by atoms with Crippen LogP contribution in [0.4, 0.5) is 8.78 Å². The summed E-state index contributed by atoms with van der Waals surface area (Å²) in [5.74, 6) is -4.88. The van der Waals surface area contributed by atoms with Crippen molar-refractivity contribution in [2.45, 2.75) is 83.1 Å². The molecule has 1 heterocycles. The van der Waals surface area contributed by atoms with Gasteiger partial charge < -0.3 is 15.2 Å². The molecule has 47 heavy (non-hydrogen) atoms. The summed E-state index contributed by atoms with van der Waals surface area (Å²) in [5, 5.41) is 23.7. The second-order valence-corrected chi connectivity index (χ2v) is 16.0. The van der Waals surface area contributed by atoms with Crippen molar-refractivity contribution < 1.29 is 36.0 Å². The molecule has 0 aliphatic carbocycles. The lowest BCUT2D eigenvalue weighted by Crippen LogP contribution is -2.50. The quantitative estimate of drug-likeness (QED) is 0.140. The van der Waals surface area contributed by atoms with E-state index in [1.165, 1.54) is 44.2 Å². The average molecular weight is 719 g/mol. The molecule has 0 spiro atoms. The first kappa shape index (κ1) is 39.1. The number of halogens is 4. The molecule has 4 atom stereocenters. The van der Waals surface area contributed by atoms with E-state index >= 15 is 8.78 Å². The Morgan fingerprint density at radius 3 is 2.38 bits per heavy atom. The zero-order chi connectivity index (χ0) is 35.4. The SMILES string of the molecule is CC(C)(C)CC1N(CCOS(C)(=O)=O)C(C(=O)NCCCCOC(C)(C)O)C(c2cccc(Cl)c2F)C1(C#N)c1ccc(Cl)cc1F. The molecule has 4 unspecified atom stereocenters. The fraction of sp³-hybridized carbons (Fsp3) is 0.576. The molecule has 1 aliphatic rings. The smallest absolute Gasteiger partial charge is 0.264 e. The number of nitrogens with one attached hydrogen (secondary N) is 1. The Morgan fingerprint density at radius 1 is 1.13 bits per heavy atom. The maximum atomic E-state index is 16.1. The Labute approximate surface area is 286 Å². The second kappa shape index (κ2) is 15.5. The number of unbranched alkanes of at least 4 members (excludes halogenated alkanes) is 1. The first-order valence-electron chi connectivity index (χ1n) is 15.3. The van der Waals surface area contributed by atoms with Crippen LogP contribution in [0.1, 0.15) is 70.9 Å². The Hall–Kier alpha value is -2.37. The number of amides is 1. The molecule has 0 bridgehead atoms. The van der Waals surface area contributed by atoms with Crippen LogP contribution in [0, 0.1) is 28.4 Å². The van der Waals surface area contributed by atoms with Crippen molar-refractivity contribution in [3.05, 3.63) is 69.2 Å². The molecule has 2 N–H and O–H groups in total. The van der Waals surface area contributed by atoms with E-state index in [1.54, 1.807) is 4.90 Å². The third-order valence-electron chi connectivity index (χ3n) is 8.01. The topological polar surface area (TPSA) is 129 Å². The number of aliphatic hydroxyl groups is 1. The minimum absolute atomic E-state index is 0.0717. The van der Waals surface area contributed by atoms with Gasteiger partial charge in [-0.25, -0.2) is 8.78 Å². The van der Waals surface area contributed by atoms with Gasteiger partial charge in [0.1, 0.15) is 17.0 Å².